The van der Waals surface area contributed by atoms with Gasteiger partial charge in [-0.2, -0.15) is 0 Å². The smallest absolute Gasteiger partial charge is 0.316 e. The number of aldehydes is 1. The summed E-state index contributed by atoms with van der Waals surface area (Å²) in [6.45, 7) is 5.36. The lowest BCUT2D eigenvalue weighted by atomic mass is 9.97. The number of esters is 1. The molecule has 0 heterocycles. The zero-order valence-electron chi connectivity index (χ0n) is 9.11. The summed E-state index contributed by atoms with van der Waals surface area (Å²) in [5.41, 5.74) is 0.0362. The van der Waals surface area contributed by atoms with Crippen molar-refractivity contribution >= 4 is 12.3 Å². The Morgan fingerprint density at radius 2 is 1.73 bits per heavy atom. The summed E-state index contributed by atoms with van der Waals surface area (Å²) in [4.78, 5) is 21.9. The van der Waals surface area contributed by atoms with E-state index in [1.54, 1.807) is 45.0 Å². The highest BCUT2D eigenvalue weighted by atomic mass is 16.5. The van der Waals surface area contributed by atoms with E-state index in [0.29, 0.717) is 11.3 Å². The second kappa shape index (κ2) is 4.26. The lowest BCUT2D eigenvalue weighted by Crippen LogP contribution is -2.25. The van der Waals surface area contributed by atoms with Gasteiger partial charge in [0.15, 0.2) is 0 Å². The van der Waals surface area contributed by atoms with Crippen LogP contribution in [-0.2, 0) is 4.79 Å². The van der Waals surface area contributed by atoms with Gasteiger partial charge in [0.05, 0.1) is 5.41 Å². The van der Waals surface area contributed by atoms with Crippen molar-refractivity contribution < 1.29 is 14.3 Å². The van der Waals surface area contributed by atoms with Gasteiger partial charge in [-0.05, 0) is 45.0 Å². The molecule has 0 spiro atoms. The maximum atomic E-state index is 11.5. The molecule has 0 fully saturated rings. The van der Waals surface area contributed by atoms with E-state index in [2.05, 4.69) is 0 Å². The van der Waals surface area contributed by atoms with Gasteiger partial charge in [-0.25, -0.2) is 0 Å². The summed E-state index contributed by atoms with van der Waals surface area (Å²) in [5, 5.41) is 0. The van der Waals surface area contributed by atoms with Crippen LogP contribution in [0.2, 0.25) is 0 Å². The number of carbonyl (C=O) groups excluding carboxylic acids is 2. The van der Waals surface area contributed by atoms with E-state index in [9.17, 15) is 9.59 Å². The summed E-state index contributed by atoms with van der Waals surface area (Å²) in [6, 6.07) is 6.43. The monoisotopic (exact) mass is 206 g/mol. The van der Waals surface area contributed by atoms with E-state index >= 15 is 0 Å². The third kappa shape index (κ3) is 3.20. The second-order valence-corrected chi connectivity index (χ2v) is 4.33. The summed E-state index contributed by atoms with van der Waals surface area (Å²) in [7, 11) is 0. The van der Waals surface area contributed by atoms with Crippen LogP contribution in [0.5, 0.6) is 5.75 Å². The Bertz CT molecular complexity index is 357. The molecule has 0 aliphatic rings. The molecule has 1 rings (SSSR count). The van der Waals surface area contributed by atoms with Gasteiger partial charge in [0.25, 0.3) is 0 Å². The first-order valence-electron chi connectivity index (χ1n) is 4.71. The van der Waals surface area contributed by atoms with Gasteiger partial charge in [0, 0.05) is 5.56 Å². The highest BCUT2D eigenvalue weighted by molar-refractivity contribution is 5.78. The highest BCUT2D eigenvalue weighted by Gasteiger charge is 2.23. The van der Waals surface area contributed by atoms with Gasteiger partial charge < -0.3 is 4.74 Å². The Labute approximate surface area is 89.1 Å². The van der Waals surface area contributed by atoms with Crippen LogP contribution in [-0.4, -0.2) is 12.3 Å². The lowest BCUT2D eigenvalue weighted by molar-refractivity contribution is -0.142. The largest absolute Gasteiger partial charge is 0.426 e. The third-order valence-corrected chi connectivity index (χ3v) is 1.84. The highest BCUT2D eigenvalue weighted by Crippen LogP contribution is 2.19. The summed E-state index contributed by atoms with van der Waals surface area (Å²) < 4.78 is 5.12. The summed E-state index contributed by atoms with van der Waals surface area (Å²) >= 11 is 0. The van der Waals surface area contributed by atoms with Gasteiger partial charge in [0.2, 0.25) is 0 Å². The van der Waals surface area contributed by atoms with Crippen molar-refractivity contribution in [3.05, 3.63) is 29.8 Å². The van der Waals surface area contributed by atoms with E-state index < -0.39 is 5.41 Å². The number of hydrogen-bond donors (Lipinski definition) is 0. The first-order valence-corrected chi connectivity index (χ1v) is 4.71. The molecule has 15 heavy (non-hydrogen) atoms. The van der Waals surface area contributed by atoms with Gasteiger partial charge in [-0.15, -0.1) is 0 Å². The van der Waals surface area contributed by atoms with E-state index in [0.717, 1.165) is 6.29 Å². The third-order valence-electron chi connectivity index (χ3n) is 1.84. The van der Waals surface area contributed by atoms with Crippen molar-refractivity contribution in [1.82, 2.24) is 0 Å². The van der Waals surface area contributed by atoms with Crippen LogP contribution in [0, 0.1) is 5.41 Å². The fourth-order valence-electron chi connectivity index (χ4n) is 0.875. The SMILES string of the molecule is CC(C)(C)C(=O)Oc1ccc(C=O)cc1. The number of ether oxygens (including phenoxy) is 1. The summed E-state index contributed by atoms with van der Waals surface area (Å²) in [6.07, 6.45) is 0.745. The van der Waals surface area contributed by atoms with Crippen LogP contribution >= 0.6 is 0 Å². The minimum atomic E-state index is -0.524. The molecule has 0 unspecified atom stereocenters. The molecule has 3 nitrogen and oxygen atoms in total. The Morgan fingerprint density at radius 1 is 1.20 bits per heavy atom. The molecule has 0 aliphatic heterocycles. The zero-order chi connectivity index (χ0) is 11.5. The van der Waals surface area contributed by atoms with E-state index in [1.807, 2.05) is 0 Å². The van der Waals surface area contributed by atoms with Crippen molar-refractivity contribution in [2.45, 2.75) is 20.8 Å². The Kier molecular flexibility index (Phi) is 3.24. The van der Waals surface area contributed by atoms with Gasteiger partial charge in [0.1, 0.15) is 12.0 Å². The fourth-order valence-corrected chi connectivity index (χ4v) is 0.875. The quantitative estimate of drug-likeness (QED) is 0.424. The topological polar surface area (TPSA) is 43.4 Å². The zero-order valence-corrected chi connectivity index (χ0v) is 9.11. The molecule has 0 radical (unpaired) electrons. The average Bonchev–Trinajstić information content (AvgIpc) is 2.17. The van der Waals surface area contributed by atoms with Crippen LogP contribution in [0.1, 0.15) is 31.1 Å². The maximum Gasteiger partial charge on any atom is 0.316 e. The van der Waals surface area contributed by atoms with E-state index in [-0.39, 0.29) is 5.97 Å². The van der Waals surface area contributed by atoms with Crippen LogP contribution in [0.4, 0.5) is 0 Å². The van der Waals surface area contributed by atoms with Gasteiger partial charge in [-0.3, -0.25) is 9.59 Å². The van der Waals surface area contributed by atoms with Gasteiger partial charge in [-0.1, -0.05) is 0 Å². The molecule has 0 atom stereocenters. The number of benzene rings is 1. The first kappa shape index (κ1) is 11.4. The Morgan fingerprint density at radius 3 is 2.13 bits per heavy atom. The molecule has 0 saturated carbocycles. The summed E-state index contributed by atoms with van der Waals surface area (Å²) in [5.74, 6) is 0.168. The number of carbonyl (C=O) groups is 2. The van der Waals surface area contributed by atoms with Crippen LogP contribution in [0.3, 0.4) is 0 Å². The van der Waals surface area contributed by atoms with Crippen LogP contribution in [0.15, 0.2) is 24.3 Å². The molecule has 0 N–H and O–H groups in total. The maximum absolute atomic E-state index is 11.5. The van der Waals surface area contributed by atoms with Crippen molar-refractivity contribution in [1.29, 1.82) is 0 Å². The van der Waals surface area contributed by atoms with E-state index in [4.69, 9.17) is 4.74 Å². The molecule has 0 aromatic heterocycles. The fraction of sp³-hybridized carbons (Fsp3) is 0.333. The number of hydrogen-bond acceptors (Lipinski definition) is 3. The van der Waals surface area contributed by atoms with Gasteiger partial charge >= 0.3 is 5.97 Å². The predicted molar refractivity (Wildman–Crippen MR) is 56.9 cm³/mol. The van der Waals surface area contributed by atoms with Crippen molar-refractivity contribution in [3.8, 4) is 5.75 Å². The van der Waals surface area contributed by atoms with Crippen molar-refractivity contribution in [2.24, 2.45) is 5.41 Å². The molecule has 0 amide bonds. The lowest BCUT2D eigenvalue weighted by Gasteiger charge is -2.16. The molecule has 0 saturated heterocycles. The first-order chi connectivity index (χ1) is 6.93. The van der Waals surface area contributed by atoms with Crippen LogP contribution in [0.25, 0.3) is 0 Å². The second-order valence-electron chi connectivity index (χ2n) is 4.33. The molecule has 0 bridgehead atoms. The molecule has 80 valence electrons. The minimum Gasteiger partial charge on any atom is -0.426 e. The normalized spacial score (nSPS) is 10.9. The standard InChI is InChI=1S/C12H14O3/c1-12(2,3)11(14)15-10-6-4-9(8-13)5-7-10/h4-8H,1-3H3. The van der Waals surface area contributed by atoms with Crippen LogP contribution < -0.4 is 4.74 Å². The van der Waals surface area contributed by atoms with Crippen molar-refractivity contribution in [2.75, 3.05) is 0 Å². The Hall–Kier alpha value is -1.64. The molecule has 1 aromatic rings. The minimum absolute atomic E-state index is 0.290. The van der Waals surface area contributed by atoms with E-state index in [1.165, 1.54) is 0 Å². The van der Waals surface area contributed by atoms with Crippen molar-refractivity contribution in [3.63, 3.8) is 0 Å². The molecular formula is C12H14O3. The predicted octanol–water partition coefficient (Wildman–Crippen LogP) is 2.45. The molecule has 1 aromatic carbocycles. The number of rotatable bonds is 2. The molecule has 3 heteroatoms. The Balaban J connectivity index is 2.74. The molecule has 0 aliphatic carbocycles. The molecular weight excluding hydrogens is 192 g/mol. The average molecular weight is 206 g/mol.